The van der Waals surface area contributed by atoms with Gasteiger partial charge >= 0.3 is 0 Å². The maximum Gasteiger partial charge on any atom is 0.187 e. The summed E-state index contributed by atoms with van der Waals surface area (Å²) in [6.45, 7) is -1.29. The molecule has 12 N–H and O–H groups in total. The Morgan fingerprint density at radius 3 is 1.67 bits per heavy atom. The van der Waals surface area contributed by atoms with E-state index in [-0.39, 0.29) is 31.6 Å². The lowest BCUT2D eigenvalue weighted by molar-refractivity contribution is -0.367. The predicted octanol–water partition coefficient (Wildman–Crippen LogP) is -5.68. The van der Waals surface area contributed by atoms with Gasteiger partial charge in [-0.05, 0) is 25.7 Å². The van der Waals surface area contributed by atoms with Crippen molar-refractivity contribution in [2.75, 3.05) is 13.2 Å². The normalized spacial score (nSPS) is 54.6. The quantitative estimate of drug-likeness (QED) is 0.117. The van der Waals surface area contributed by atoms with E-state index in [4.69, 9.17) is 23.7 Å². The fourth-order valence-electron chi connectivity index (χ4n) is 7.34. The topological polar surface area (TPSA) is 272 Å². The van der Waals surface area contributed by atoms with Crippen molar-refractivity contribution < 1.29 is 79.9 Å². The molecule has 19 atom stereocenters. The summed E-state index contributed by atoms with van der Waals surface area (Å²) < 4.78 is 28.5. The summed E-state index contributed by atoms with van der Waals surface area (Å²) in [6.07, 6.45) is -18.8. The fraction of sp³-hybridized carbons (Fsp3) is 1.00. The lowest BCUT2D eigenvalue weighted by Crippen LogP contribution is -2.64. The van der Waals surface area contributed by atoms with E-state index >= 15 is 0 Å². The van der Waals surface area contributed by atoms with Crippen LogP contribution in [0.2, 0.25) is 0 Å². The van der Waals surface area contributed by atoms with Crippen molar-refractivity contribution in [2.45, 2.75) is 143 Å². The molecule has 0 aromatic rings. The lowest BCUT2D eigenvalue weighted by Gasteiger charge is -2.50. The molecule has 0 aromatic heterocycles. The summed E-state index contributed by atoms with van der Waals surface area (Å²) >= 11 is 0. The third-order valence-corrected chi connectivity index (χ3v) is 9.86. The van der Waals surface area contributed by atoms with E-state index in [1.165, 1.54) is 0 Å². The first-order chi connectivity index (χ1) is 20.4. The predicted molar refractivity (Wildman–Crippen MR) is 140 cm³/mol. The number of rotatable bonds is 7. The van der Waals surface area contributed by atoms with Crippen LogP contribution in [0.4, 0.5) is 0 Å². The van der Waals surface area contributed by atoms with Crippen molar-refractivity contribution >= 4 is 0 Å². The Labute approximate surface area is 248 Å². The first kappa shape index (κ1) is 33.7. The van der Waals surface area contributed by atoms with Crippen LogP contribution < -0.4 is 0 Å². The number of aliphatic hydroxyl groups excluding tert-OH is 11. The van der Waals surface area contributed by atoms with Crippen LogP contribution in [0.15, 0.2) is 0 Å². The van der Waals surface area contributed by atoms with Crippen molar-refractivity contribution in [3.05, 3.63) is 0 Å². The van der Waals surface area contributed by atoms with Gasteiger partial charge in [0.2, 0.25) is 0 Å². The fourth-order valence-corrected chi connectivity index (χ4v) is 7.34. The number of hydrogen-bond acceptors (Lipinski definition) is 15. The molecular formula is C27H47O16+. The van der Waals surface area contributed by atoms with Crippen LogP contribution in [0.3, 0.4) is 0 Å². The maximum atomic E-state index is 10.7. The minimum absolute atomic E-state index is 0.109. The highest BCUT2D eigenvalue weighted by molar-refractivity contribution is 4.99. The van der Waals surface area contributed by atoms with Gasteiger partial charge in [-0.1, -0.05) is 0 Å². The Morgan fingerprint density at radius 1 is 0.581 bits per heavy atom. The molecule has 16 nitrogen and oxygen atoms in total. The summed E-state index contributed by atoms with van der Waals surface area (Å²) in [4.78, 5) is 0. The van der Waals surface area contributed by atoms with Gasteiger partial charge in [0.1, 0.15) is 54.9 Å². The molecule has 9 unspecified atom stereocenters. The molecular weight excluding hydrogens is 580 g/mol. The zero-order valence-corrected chi connectivity index (χ0v) is 23.6. The molecule has 5 fully saturated rings. The second kappa shape index (κ2) is 14.0. The van der Waals surface area contributed by atoms with Gasteiger partial charge < -0.3 is 79.9 Å². The van der Waals surface area contributed by atoms with Crippen molar-refractivity contribution in [1.82, 2.24) is 0 Å². The van der Waals surface area contributed by atoms with Crippen LogP contribution in [-0.2, 0) is 18.9 Å². The Kier molecular flexibility index (Phi) is 11.0. The maximum absolute atomic E-state index is 10.7. The number of fused-ring (bicyclic) bond motifs is 1. The molecule has 5 aliphatic rings. The van der Waals surface area contributed by atoms with Crippen LogP contribution in [0, 0.1) is 11.8 Å². The van der Waals surface area contributed by atoms with Gasteiger partial charge in [-0.2, -0.15) is 0 Å². The van der Waals surface area contributed by atoms with E-state index < -0.39 is 123 Å². The zero-order valence-electron chi connectivity index (χ0n) is 23.6. The third kappa shape index (κ3) is 6.90. The molecule has 0 radical (unpaired) electrons. The van der Waals surface area contributed by atoms with Crippen LogP contribution in [0.5, 0.6) is 0 Å². The van der Waals surface area contributed by atoms with Gasteiger partial charge in [0.05, 0.1) is 43.5 Å². The zero-order chi connectivity index (χ0) is 31.2. The van der Waals surface area contributed by atoms with Crippen molar-refractivity contribution in [3.63, 3.8) is 0 Å². The van der Waals surface area contributed by atoms with E-state index in [2.05, 4.69) is 0 Å². The van der Waals surface area contributed by atoms with Crippen LogP contribution in [-0.4, -0.2) is 178 Å². The smallest absolute Gasteiger partial charge is 0.187 e. The molecule has 2 saturated carbocycles. The van der Waals surface area contributed by atoms with Crippen LogP contribution >= 0.6 is 0 Å². The molecule has 0 amide bonds. The highest BCUT2D eigenvalue weighted by Gasteiger charge is 2.56. The molecule has 0 spiro atoms. The van der Waals surface area contributed by atoms with Gasteiger partial charge in [-0.3, -0.25) is 0 Å². The first-order valence-electron chi connectivity index (χ1n) is 15.1. The molecule has 3 heterocycles. The van der Waals surface area contributed by atoms with Gasteiger partial charge in [0.15, 0.2) is 24.8 Å². The molecule has 43 heavy (non-hydrogen) atoms. The minimum Gasteiger partial charge on any atom is -0.427 e. The van der Waals surface area contributed by atoms with Crippen molar-refractivity contribution in [2.24, 2.45) is 11.8 Å². The van der Waals surface area contributed by atoms with Gasteiger partial charge in [-0.15, -0.1) is 0 Å². The SMILES string of the molecule is OC[C@H]1O[C@H](OC2CC(O)CC3[OH+]C(C4CCC(O)C(O)C4)C(O[C@H]4O[C@H](CO)[C@@H](O)[C@H](O)[C@H]4O)CC23)[C@H](O)[C@@H](O)[C@@H]1O. The highest BCUT2D eigenvalue weighted by atomic mass is 16.7. The second-order valence-electron chi connectivity index (χ2n) is 12.7. The molecule has 0 aromatic carbocycles. The van der Waals surface area contributed by atoms with Gasteiger partial charge in [-0.25, -0.2) is 0 Å². The lowest BCUT2D eigenvalue weighted by atomic mass is 9.72. The molecule has 250 valence electrons. The highest BCUT2D eigenvalue weighted by Crippen LogP contribution is 2.43. The number of ether oxygens (including phenoxy) is 5. The average Bonchev–Trinajstić information content (AvgIpc) is 2.98. The van der Waals surface area contributed by atoms with Crippen LogP contribution in [0.1, 0.15) is 38.5 Å². The van der Waals surface area contributed by atoms with E-state index in [1.807, 2.05) is 0 Å². The molecule has 3 aliphatic heterocycles. The van der Waals surface area contributed by atoms with Gasteiger partial charge in [0.25, 0.3) is 0 Å². The minimum atomic E-state index is -1.67. The largest absolute Gasteiger partial charge is 0.427 e. The molecule has 0 bridgehead atoms. The van der Waals surface area contributed by atoms with E-state index in [1.54, 1.807) is 0 Å². The van der Waals surface area contributed by atoms with Crippen LogP contribution in [0.25, 0.3) is 0 Å². The second-order valence-corrected chi connectivity index (χ2v) is 12.7. The summed E-state index contributed by atoms with van der Waals surface area (Å²) in [5.41, 5.74) is 0. The average molecular weight is 628 g/mol. The Balaban J connectivity index is 1.38. The van der Waals surface area contributed by atoms with E-state index in [0.29, 0.717) is 12.8 Å². The molecule has 2 aliphatic carbocycles. The molecule has 16 heteroatoms. The number of aliphatic hydroxyl groups is 13. The summed E-state index contributed by atoms with van der Waals surface area (Å²) in [6, 6.07) is 0. The van der Waals surface area contributed by atoms with Crippen molar-refractivity contribution in [1.29, 1.82) is 0 Å². The summed E-state index contributed by atoms with van der Waals surface area (Å²) in [5, 5.41) is 113. The van der Waals surface area contributed by atoms with Gasteiger partial charge in [0, 0.05) is 18.8 Å². The Bertz CT molecular complexity index is 895. The first-order valence-corrected chi connectivity index (χ1v) is 15.1. The standard InChI is InChI=1S/C27H46O16/c28-7-17-19(33)21(35)23(37)26(42-17)40-15-5-10(30)4-14-11(15)6-16(25(39-14)9-1-2-12(31)13(32)3-9)41-27-24(38)22(36)20(34)18(8-29)43-27/h9-38H,1-8H2/p+1/t9?,10?,11?,12?,13?,14?,15?,16?,17-,18-,19-,20-,21+,22+,23-,24-,25?,26+,27+/m1/s1. The third-order valence-electron chi connectivity index (χ3n) is 9.86. The number of hydrogen-bond donors (Lipinski definition) is 11. The monoisotopic (exact) mass is 627 g/mol. The van der Waals surface area contributed by atoms with E-state index in [9.17, 15) is 56.2 Å². The summed E-state index contributed by atoms with van der Waals surface area (Å²) in [7, 11) is 0. The van der Waals surface area contributed by atoms with Crippen molar-refractivity contribution in [3.8, 4) is 0 Å². The Hall–Kier alpha value is -0.640. The van der Waals surface area contributed by atoms with E-state index in [0.717, 1.165) is 0 Å². The Morgan fingerprint density at radius 2 is 1.14 bits per heavy atom. The molecule has 3 saturated heterocycles. The molecule has 5 rings (SSSR count). The summed E-state index contributed by atoms with van der Waals surface area (Å²) in [5.74, 6) is -0.695.